The maximum atomic E-state index is 12.1. The minimum atomic E-state index is -0.00403. The molecule has 2 aliphatic carbocycles. The predicted octanol–water partition coefficient (Wildman–Crippen LogP) is 2.62. The maximum Gasteiger partial charge on any atom is 0.251 e. The first-order valence-electron chi connectivity index (χ1n) is 6.74. The molecule has 2 N–H and O–H groups in total. The second-order valence-corrected chi connectivity index (χ2v) is 5.76. The van der Waals surface area contributed by atoms with Crippen LogP contribution in [0.2, 0.25) is 0 Å². The van der Waals surface area contributed by atoms with Gasteiger partial charge in [0.2, 0.25) is 0 Å². The van der Waals surface area contributed by atoms with Gasteiger partial charge in [-0.1, -0.05) is 6.42 Å². The molecule has 2 bridgehead atoms. The van der Waals surface area contributed by atoms with Gasteiger partial charge >= 0.3 is 0 Å². The molecule has 3 unspecified atom stereocenters. The first-order valence-corrected chi connectivity index (χ1v) is 6.74. The summed E-state index contributed by atoms with van der Waals surface area (Å²) in [6.07, 6.45) is 5.05. The molecule has 3 rings (SSSR count). The molecular weight excluding hydrogens is 226 g/mol. The second-order valence-electron chi connectivity index (χ2n) is 5.76. The number of carbonyl (C=O) groups is 1. The van der Waals surface area contributed by atoms with Crippen molar-refractivity contribution < 1.29 is 9.90 Å². The van der Waals surface area contributed by atoms with E-state index in [1.54, 1.807) is 18.2 Å². The Morgan fingerprint density at radius 1 is 1.33 bits per heavy atom. The lowest BCUT2D eigenvalue weighted by Gasteiger charge is -2.23. The highest BCUT2D eigenvalue weighted by Gasteiger charge is 2.40. The number of phenols is 1. The van der Waals surface area contributed by atoms with Crippen molar-refractivity contribution in [3.05, 3.63) is 29.3 Å². The number of nitrogens with one attached hydrogen (secondary N) is 1. The Kier molecular flexibility index (Phi) is 2.77. The third kappa shape index (κ3) is 1.98. The lowest BCUT2D eigenvalue weighted by atomic mass is 9.95. The average molecular weight is 245 g/mol. The van der Waals surface area contributed by atoms with Crippen LogP contribution < -0.4 is 5.32 Å². The van der Waals surface area contributed by atoms with E-state index in [-0.39, 0.29) is 11.7 Å². The van der Waals surface area contributed by atoms with E-state index in [9.17, 15) is 9.90 Å². The summed E-state index contributed by atoms with van der Waals surface area (Å²) in [6, 6.07) is 5.39. The van der Waals surface area contributed by atoms with Gasteiger partial charge in [0.25, 0.3) is 5.91 Å². The smallest absolute Gasteiger partial charge is 0.251 e. The SMILES string of the molecule is Cc1cc(C(=O)NC2CC3CCC2C3)ccc1O. The first-order chi connectivity index (χ1) is 8.63. The standard InChI is InChI=1S/C15H19NO2/c1-9-6-12(4-5-14(9)17)15(18)16-13-8-10-2-3-11(13)7-10/h4-6,10-11,13,17H,2-3,7-8H2,1H3,(H,16,18). The molecule has 1 amide bonds. The quantitative estimate of drug-likeness (QED) is 0.841. The topological polar surface area (TPSA) is 49.3 Å². The Morgan fingerprint density at radius 3 is 2.78 bits per heavy atom. The minimum Gasteiger partial charge on any atom is -0.508 e. The molecule has 3 nitrogen and oxygen atoms in total. The number of fused-ring (bicyclic) bond motifs is 2. The van der Waals surface area contributed by atoms with E-state index < -0.39 is 0 Å². The van der Waals surface area contributed by atoms with Gasteiger partial charge < -0.3 is 10.4 Å². The van der Waals surface area contributed by atoms with E-state index in [0.29, 0.717) is 17.5 Å². The van der Waals surface area contributed by atoms with Crippen LogP contribution >= 0.6 is 0 Å². The third-order valence-corrected chi connectivity index (χ3v) is 4.51. The molecule has 18 heavy (non-hydrogen) atoms. The molecule has 3 heteroatoms. The number of hydrogen-bond acceptors (Lipinski definition) is 2. The van der Waals surface area contributed by atoms with Gasteiger partial charge in [-0.15, -0.1) is 0 Å². The normalized spacial score (nSPS) is 29.5. The lowest BCUT2D eigenvalue weighted by Crippen LogP contribution is -2.38. The van der Waals surface area contributed by atoms with Crippen LogP contribution in [0.1, 0.15) is 41.6 Å². The summed E-state index contributed by atoms with van der Waals surface area (Å²) >= 11 is 0. The van der Waals surface area contributed by atoms with Crippen LogP contribution in [0.3, 0.4) is 0 Å². The molecule has 0 spiro atoms. The van der Waals surface area contributed by atoms with E-state index in [1.165, 1.54) is 19.3 Å². The Bertz CT molecular complexity index is 483. The summed E-state index contributed by atoms with van der Waals surface area (Å²) in [4.78, 5) is 12.1. The van der Waals surface area contributed by atoms with Gasteiger partial charge in [-0.3, -0.25) is 4.79 Å². The Labute approximate surface area is 107 Å². The molecule has 96 valence electrons. The van der Waals surface area contributed by atoms with Crippen molar-refractivity contribution in [3.8, 4) is 5.75 Å². The van der Waals surface area contributed by atoms with Crippen molar-refractivity contribution in [3.63, 3.8) is 0 Å². The van der Waals surface area contributed by atoms with Gasteiger partial charge in [-0.2, -0.15) is 0 Å². The zero-order chi connectivity index (χ0) is 12.7. The van der Waals surface area contributed by atoms with Crippen LogP contribution in [0.15, 0.2) is 18.2 Å². The summed E-state index contributed by atoms with van der Waals surface area (Å²) in [7, 11) is 0. The number of phenolic OH excluding ortho intramolecular Hbond substituents is 1. The van der Waals surface area contributed by atoms with Crippen LogP contribution in [-0.2, 0) is 0 Å². The summed E-state index contributed by atoms with van der Waals surface area (Å²) in [5.41, 5.74) is 1.39. The first kappa shape index (κ1) is 11.6. The summed E-state index contributed by atoms with van der Waals surface area (Å²) in [6.45, 7) is 1.81. The maximum absolute atomic E-state index is 12.1. The van der Waals surface area contributed by atoms with Gasteiger partial charge in [-0.05, 0) is 61.8 Å². The molecule has 0 aliphatic heterocycles. The molecular formula is C15H19NO2. The number of benzene rings is 1. The molecule has 0 heterocycles. The van der Waals surface area contributed by atoms with E-state index in [0.717, 1.165) is 17.9 Å². The number of aromatic hydroxyl groups is 1. The molecule has 0 radical (unpaired) electrons. The van der Waals surface area contributed by atoms with Crippen LogP contribution in [0.4, 0.5) is 0 Å². The number of carbonyl (C=O) groups excluding carboxylic acids is 1. The van der Waals surface area contributed by atoms with Crippen LogP contribution in [0.25, 0.3) is 0 Å². The monoisotopic (exact) mass is 245 g/mol. The zero-order valence-corrected chi connectivity index (χ0v) is 10.6. The fourth-order valence-corrected chi connectivity index (χ4v) is 3.47. The zero-order valence-electron chi connectivity index (χ0n) is 10.6. The van der Waals surface area contributed by atoms with Gasteiger partial charge in [0, 0.05) is 11.6 Å². The second kappa shape index (κ2) is 4.30. The van der Waals surface area contributed by atoms with Crippen molar-refractivity contribution in [1.82, 2.24) is 5.32 Å². The minimum absolute atomic E-state index is 0.00403. The molecule has 2 fully saturated rings. The van der Waals surface area contributed by atoms with Crippen molar-refractivity contribution in [2.45, 2.75) is 38.6 Å². The van der Waals surface area contributed by atoms with Gasteiger partial charge in [0.15, 0.2) is 0 Å². The predicted molar refractivity (Wildman–Crippen MR) is 69.5 cm³/mol. The van der Waals surface area contributed by atoms with Gasteiger partial charge in [0.05, 0.1) is 0 Å². The van der Waals surface area contributed by atoms with Crippen molar-refractivity contribution in [1.29, 1.82) is 0 Å². The number of rotatable bonds is 2. The highest BCUT2D eigenvalue weighted by Crippen LogP contribution is 2.44. The van der Waals surface area contributed by atoms with Gasteiger partial charge in [0.1, 0.15) is 5.75 Å². The Hall–Kier alpha value is -1.51. The highest BCUT2D eigenvalue weighted by molar-refractivity contribution is 5.94. The van der Waals surface area contributed by atoms with E-state index in [4.69, 9.17) is 0 Å². The highest BCUT2D eigenvalue weighted by atomic mass is 16.3. The Morgan fingerprint density at radius 2 is 2.17 bits per heavy atom. The molecule has 2 saturated carbocycles. The lowest BCUT2D eigenvalue weighted by molar-refractivity contribution is 0.0923. The molecule has 0 saturated heterocycles. The van der Waals surface area contributed by atoms with E-state index >= 15 is 0 Å². The molecule has 0 aromatic heterocycles. The molecule has 1 aromatic rings. The van der Waals surface area contributed by atoms with Crippen LogP contribution in [0, 0.1) is 18.8 Å². The molecule has 2 aliphatic rings. The van der Waals surface area contributed by atoms with Crippen LogP contribution in [0.5, 0.6) is 5.75 Å². The van der Waals surface area contributed by atoms with E-state index in [1.807, 2.05) is 6.92 Å². The summed E-state index contributed by atoms with van der Waals surface area (Å²) in [5.74, 6) is 1.76. The fourth-order valence-electron chi connectivity index (χ4n) is 3.47. The molecule has 1 aromatic carbocycles. The number of hydrogen-bond donors (Lipinski definition) is 2. The largest absolute Gasteiger partial charge is 0.508 e. The van der Waals surface area contributed by atoms with Crippen LogP contribution in [-0.4, -0.2) is 17.1 Å². The van der Waals surface area contributed by atoms with Crippen molar-refractivity contribution >= 4 is 5.91 Å². The van der Waals surface area contributed by atoms with E-state index in [2.05, 4.69) is 5.32 Å². The van der Waals surface area contributed by atoms with Gasteiger partial charge in [-0.25, -0.2) is 0 Å². The average Bonchev–Trinajstić information content (AvgIpc) is 2.94. The molecule has 3 atom stereocenters. The summed E-state index contributed by atoms with van der Waals surface area (Å²) in [5, 5.41) is 12.6. The number of aryl methyl sites for hydroxylation is 1. The Balaban J connectivity index is 1.69. The van der Waals surface area contributed by atoms with Crippen molar-refractivity contribution in [2.75, 3.05) is 0 Å². The fraction of sp³-hybridized carbons (Fsp3) is 0.533. The van der Waals surface area contributed by atoms with Crippen molar-refractivity contribution in [2.24, 2.45) is 11.8 Å². The third-order valence-electron chi connectivity index (χ3n) is 4.51. The number of amides is 1. The summed E-state index contributed by atoms with van der Waals surface area (Å²) < 4.78 is 0.